The van der Waals surface area contributed by atoms with Crippen LogP contribution in [0.25, 0.3) is 0 Å². The van der Waals surface area contributed by atoms with Gasteiger partial charge in [0, 0.05) is 18.2 Å². The van der Waals surface area contributed by atoms with E-state index < -0.39 is 28.3 Å². The van der Waals surface area contributed by atoms with Gasteiger partial charge in [-0.25, -0.2) is 17.2 Å². The summed E-state index contributed by atoms with van der Waals surface area (Å²) in [5.41, 5.74) is -0.256. The molecule has 0 saturated carbocycles. The predicted octanol–water partition coefficient (Wildman–Crippen LogP) is 2.50. The second-order valence-corrected chi connectivity index (χ2v) is 7.30. The molecule has 0 aliphatic carbocycles. The topological polar surface area (TPSA) is 74.7 Å². The van der Waals surface area contributed by atoms with Gasteiger partial charge in [-0.2, -0.15) is 4.31 Å². The highest BCUT2D eigenvalue weighted by Gasteiger charge is 2.37. The van der Waals surface area contributed by atoms with Crippen LogP contribution in [0.1, 0.15) is 31.8 Å². The summed E-state index contributed by atoms with van der Waals surface area (Å²) in [6, 6.07) is 4.08. The highest BCUT2D eigenvalue weighted by Crippen LogP contribution is 2.29. The van der Waals surface area contributed by atoms with Crippen molar-refractivity contribution in [3.63, 3.8) is 0 Å². The molecule has 8 heteroatoms. The Morgan fingerprint density at radius 2 is 1.86 bits per heavy atom. The van der Waals surface area contributed by atoms with Crippen molar-refractivity contribution >= 4 is 16.0 Å². The maximum absolute atomic E-state index is 12.6. The molecule has 22 heavy (non-hydrogen) atoms. The maximum Gasteiger partial charge on any atom is 0.307 e. The molecule has 2 atom stereocenters. The first-order chi connectivity index (χ1) is 10.2. The van der Waals surface area contributed by atoms with Crippen LogP contribution in [0.4, 0.5) is 8.78 Å². The molecule has 0 amide bonds. The van der Waals surface area contributed by atoms with Crippen LogP contribution in [0.3, 0.4) is 0 Å². The zero-order valence-electron chi connectivity index (χ0n) is 11.9. The smallest absolute Gasteiger partial charge is 0.307 e. The lowest BCUT2D eigenvalue weighted by atomic mass is 9.96. The summed E-state index contributed by atoms with van der Waals surface area (Å²) < 4.78 is 51.4. The molecule has 1 aliphatic heterocycles. The SMILES string of the molecule is CC1CCC(C(=O)O)CN1S(=O)(=O)c1ccc(C(F)F)cc1. The van der Waals surface area contributed by atoms with E-state index in [1.54, 1.807) is 6.92 Å². The molecule has 1 aliphatic rings. The highest BCUT2D eigenvalue weighted by molar-refractivity contribution is 7.89. The molecule has 0 aromatic heterocycles. The summed E-state index contributed by atoms with van der Waals surface area (Å²) in [5, 5.41) is 9.07. The van der Waals surface area contributed by atoms with Crippen molar-refractivity contribution in [2.24, 2.45) is 5.92 Å². The lowest BCUT2D eigenvalue weighted by molar-refractivity contribution is -0.143. The Labute approximate surface area is 127 Å². The first-order valence-corrected chi connectivity index (χ1v) is 8.30. The quantitative estimate of drug-likeness (QED) is 0.919. The van der Waals surface area contributed by atoms with Gasteiger partial charge in [0.05, 0.1) is 10.8 Å². The second kappa shape index (κ2) is 6.29. The zero-order chi connectivity index (χ0) is 16.5. The summed E-state index contributed by atoms with van der Waals surface area (Å²) in [5.74, 6) is -1.77. The Morgan fingerprint density at radius 3 is 2.36 bits per heavy atom. The van der Waals surface area contributed by atoms with Crippen LogP contribution in [-0.2, 0) is 14.8 Å². The van der Waals surface area contributed by atoms with Gasteiger partial charge in [0.2, 0.25) is 10.0 Å². The van der Waals surface area contributed by atoms with Crippen molar-refractivity contribution in [1.29, 1.82) is 0 Å². The van der Waals surface area contributed by atoms with Crippen molar-refractivity contribution in [2.45, 2.75) is 37.1 Å². The molecule has 1 aromatic carbocycles. The Balaban J connectivity index is 2.29. The maximum atomic E-state index is 12.6. The Hall–Kier alpha value is -1.54. The molecule has 1 N–H and O–H groups in total. The standard InChI is InChI=1S/C14H17F2NO4S/c1-9-2-3-11(14(18)19)8-17(9)22(20,21)12-6-4-10(5-7-12)13(15)16/h4-7,9,11,13H,2-3,8H2,1H3,(H,18,19). The molecule has 1 aromatic rings. The van der Waals surface area contributed by atoms with E-state index in [1.165, 1.54) is 0 Å². The summed E-state index contributed by atoms with van der Waals surface area (Å²) >= 11 is 0. The third-order valence-electron chi connectivity index (χ3n) is 3.91. The van der Waals surface area contributed by atoms with Crippen molar-refractivity contribution in [1.82, 2.24) is 4.31 Å². The summed E-state index contributed by atoms with van der Waals surface area (Å²) in [7, 11) is -3.90. The van der Waals surface area contributed by atoms with E-state index in [0.29, 0.717) is 12.8 Å². The van der Waals surface area contributed by atoms with Gasteiger partial charge in [0.15, 0.2) is 0 Å². The van der Waals surface area contributed by atoms with E-state index in [1.807, 2.05) is 0 Å². The van der Waals surface area contributed by atoms with Crippen LogP contribution in [-0.4, -0.2) is 36.4 Å². The molecule has 0 radical (unpaired) electrons. The van der Waals surface area contributed by atoms with E-state index in [2.05, 4.69) is 0 Å². The molecule has 0 spiro atoms. The van der Waals surface area contributed by atoms with Crippen LogP contribution in [0.5, 0.6) is 0 Å². The molecule has 5 nitrogen and oxygen atoms in total. The van der Waals surface area contributed by atoms with E-state index in [-0.39, 0.29) is 23.0 Å². The summed E-state index contributed by atoms with van der Waals surface area (Å²) in [4.78, 5) is 11.0. The zero-order valence-corrected chi connectivity index (χ0v) is 12.8. The molecule has 2 rings (SSSR count). The number of aliphatic carboxylic acids is 1. The summed E-state index contributed by atoms with van der Waals surface area (Å²) in [6.07, 6.45) is -1.79. The monoisotopic (exact) mass is 333 g/mol. The Morgan fingerprint density at radius 1 is 1.27 bits per heavy atom. The molecule has 2 unspecified atom stereocenters. The molecule has 1 heterocycles. The van der Waals surface area contributed by atoms with Crippen molar-refractivity contribution in [3.8, 4) is 0 Å². The van der Waals surface area contributed by atoms with E-state index in [9.17, 15) is 22.0 Å². The van der Waals surface area contributed by atoms with Crippen LogP contribution < -0.4 is 0 Å². The van der Waals surface area contributed by atoms with Gasteiger partial charge < -0.3 is 5.11 Å². The number of sulfonamides is 1. The van der Waals surface area contributed by atoms with Crippen molar-refractivity contribution in [3.05, 3.63) is 29.8 Å². The fourth-order valence-corrected chi connectivity index (χ4v) is 4.24. The van der Waals surface area contributed by atoms with Gasteiger partial charge in [-0.05, 0) is 31.9 Å². The first kappa shape index (κ1) is 16.8. The van der Waals surface area contributed by atoms with Crippen LogP contribution >= 0.6 is 0 Å². The van der Waals surface area contributed by atoms with Crippen LogP contribution in [0, 0.1) is 5.92 Å². The van der Waals surface area contributed by atoms with Gasteiger partial charge in [-0.1, -0.05) is 12.1 Å². The van der Waals surface area contributed by atoms with E-state index >= 15 is 0 Å². The first-order valence-electron chi connectivity index (χ1n) is 6.86. The van der Waals surface area contributed by atoms with Gasteiger partial charge in [0.1, 0.15) is 0 Å². The average molecular weight is 333 g/mol. The van der Waals surface area contributed by atoms with E-state index in [4.69, 9.17) is 5.11 Å². The lowest BCUT2D eigenvalue weighted by Crippen LogP contribution is -2.47. The molecular weight excluding hydrogens is 316 g/mol. The molecule has 1 fully saturated rings. The van der Waals surface area contributed by atoms with E-state index in [0.717, 1.165) is 28.6 Å². The number of rotatable bonds is 4. The number of hydrogen-bond acceptors (Lipinski definition) is 3. The normalized spacial score (nSPS) is 23.6. The van der Waals surface area contributed by atoms with Crippen molar-refractivity contribution in [2.75, 3.05) is 6.54 Å². The number of hydrogen-bond donors (Lipinski definition) is 1. The summed E-state index contributed by atoms with van der Waals surface area (Å²) in [6.45, 7) is 1.61. The third-order valence-corrected chi connectivity index (χ3v) is 5.91. The fraction of sp³-hybridized carbons (Fsp3) is 0.500. The molecule has 0 bridgehead atoms. The number of carboxylic acid groups (broad SMARTS) is 1. The highest BCUT2D eigenvalue weighted by atomic mass is 32.2. The molecule has 122 valence electrons. The minimum absolute atomic E-state index is 0.102. The lowest BCUT2D eigenvalue weighted by Gasteiger charge is -2.35. The number of halogens is 2. The van der Waals surface area contributed by atoms with Crippen LogP contribution in [0.15, 0.2) is 29.2 Å². The second-order valence-electron chi connectivity index (χ2n) is 5.41. The average Bonchev–Trinajstić information content (AvgIpc) is 2.47. The molecular formula is C14H17F2NO4S. The largest absolute Gasteiger partial charge is 0.481 e. The number of nitrogens with zero attached hydrogens (tertiary/aromatic N) is 1. The van der Waals surface area contributed by atoms with Gasteiger partial charge in [-0.3, -0.25) is 4.79 Å². The Bertz CT molecular complexity index is 645. The van der Waals surface area contributed by atoms with Gasteiger partial charge in [0.25, 0.3) is 6.43 Å². The fourth-order valence-electron chi connectivity index (χ4n) is 2.53. The minimum Gasteiger partial charge on any atom is -0.481 e. The number of piperidine rings is 1. The molecule has 1 saturated heterocycles. The number of benzene rings is 1. The number of alkyl halides is 2. The minimum atomic E-state index is -3.90. The van der Waals surface area contributed by atoms with Crippen LogP contribution in [0.2, 0.25) is 0 Å². The Kier molecular flexibility index (Phi) is 4.81. The van der Waals surface area contributed by atoms with Gasteiger partial charge >= 0.3 is 5.97 Å². The van der Waals surface area contributed by atoms with Gasteiger partial charge in [-0.15, -0.1) is 0 Å². The number of carbonyl (C=O) groups is 1. The third kappa shape index (κ3) is 3.27. The predicted molar refractivity (Wildman–Crippen MR) is 75.1 cm³/mol. The number of carboxylic acids is 1. The van der Waals surface area contributed by atoms with Crippen molar-refractivity contribution < 1.29 is 27.1 Å².